The standard InChI is InChI=1S/C24H21FN4O4/c1-31-19-12-13-20(21(14-19)32-2)23(30)26-17-8-10-18(11-9-17)29-22(27-24(28-29)33-3)15-4-6-16(25)7-5-15/h4-14H,1-3H3,(H,26,30). The highest BCUT2D eigenvalue weighted by molar-refractivity contribution is 6.06. The number of carbonyl (C=O) groups excluding carboxylic acids is 1. The molecule has 0 radical (unpaired) electrons. The first-order valence-corrected chi connectivity index (χ1v) is 9.93. The molecule has 1 heterocycles. The van der Waals surface area contributed by atoms with E-state index in [4.69, 9.17) is 14.2 Å². The Morgan fingerprint density at radius 1 is 0.909 bits per heavy atom. The van der Waals surface area contributed by atoms with Crippen molar-refractivity contribution in [2.75, 3.05) is 26.6 Å². The van der Waals surface area contributed by atoms with E-state index in [1.165, 1.54) is 26.4 Å². The molecule has 0 atom stereocenters. The number of hydrogen-bond donors (Lipinski definition) is 1. The van der Waals surface area contributed by atoms with Gasteiger partial charge in [0, 0.05) is 17.3 Å². The second-order valence-corrected chi connectivity index (χ2v) is 6.91. The highest BCUT2D eigenvalue weighted by atomic mass is 19.1. The summed E-state index contributed by atoms with van der Waals surface area (Å²) in [7, 11) is 4.51. The second-order valence-electron chi connectivity index (χ2n) is 6.91. The summed E-state index contributed by atoms with van der Waals surface area (Å²) in [6.07, 6.45) is 0. The van der Waals surface area contributed by atoms with Crippen LogP contribution in [-0.4, -0.2) is 42.0 Å². The van der Waals surface area contributed by atoms with Crippen LogP contribution in [0.1, 0.15) is 10.4 Å². The Balaban J connectivity index is 1.59. The van der Waals surface area contributed by atoms with Crippen LogP contribution in [-0.2, 0) is 0 Å². The normalized spacial score (nSPS) is 10.5. The van der Waals surface area contributed by atoms with Gasteiger partial charge in [-0.3, -0.25) is 4.79 Å². The first kappa shape index (κ1) is 21.8. The van der Waals surface area contributed by atoms with Gasteiger partial charge in [-0.1, -0.05) is 0 Å². The maximum absolute atomic E-state index is 13.3. The van der Waals surface area contributed by atoms with Crippen molar-refractivity contribution in [3.05, 3.63) is 78.1 Å². The summed E-state index contributed by atoms with van der Waals surface area (Å²) in [6.45, 7) is 0. The van der Waals surface area contributed by atoms with Crippen molar-refractivity contribution in [2.45, 2.75) is 0 Å². The number of amides is 1. The molecule has 1 aromatic heterocycles. The molecule has 168 valence electrons. The predicted octanol–water partition coefficient (Wildman–Crippen LogP) is 4.35. The maximum Gasteiger partial charge on any atom is 0.336 e. The summed E-state index contributed by atoms with van der Waals surface area (Å²) >= 11 is 0. The lowest BCUT2D eigenvalue weighted by Crippen LogP contribution is -2.13. The number of benzene rings is 3. The molecule has 0 fully saturated rings. The SMILES string of the molecule is COc1ccc(C(=O)Nc2ccc(-n3nc(OC)nc3-c3ccc(F)cc3)cc2)c(OC)c1. The molecule has 0 saturated heterocycles. The fourth-order valence-corrected chi connectivity index (χ4v) is 3.22. The third-order valence-corrected chi connectivity index (χ3v) is 4.90. The number of carbonyl (C=O) groups is 1. The summed E-state index contributed by atoms with van der Waals surface area (Å²) in [4.78, 5) is 17.1. The van der Waals surface area contributed by atoms with Crippen LogP contribution in [0.25, 0.3) is 17.1 Å². The van der Waals surface area contributed by atoms with E-state index in [0.717, 1.165) is 0 Å². The number of hydrogen-bond acceptors (Lipinski definition) is 6. The molecule has 0 aliphatic carbocycles. The minimum atomic E-state index is -0.342. The van der Waals surface area contributed by atoms with Crippen molar-refractivity contribution in [2.24, 2.45) is 0 Å². The van der Waals surface area contributed by atoms with E-state index in [2.05, 4.69) is 15.4 Å². The van der Waals surface area contributed by atoms with Gasteiger partial charge in [-0.15, -0.1) is 5.10 Å². The van der Waals surface area contributed by atoms with Gasteiger partial charge in [0.25, 0.3) is 5.91 Å². The Morgan fingerprint density at radius 2 is 1.64 bits per heavy atom. The molecule has 4 rings (SSSR count). The molecule has 4 aromatic rings. The van der Waals surface area contributed by atoms with Crippen molar-refractivity contribution in [1.82, 2.24) is 14.8 Å². The first-order chi connectivity index (χ1) is 16.0. The lowest BCUT2D eigenvalue weighted by molar-refractivity contribution is 0.102. The molecule has 0 aliphatic heterocycles. The number of aromatic nitrogens is 3. The molecule has 0 bridgehead atoms. The molecule has 33 heavy (non-hydrogen) atoms. The van der Waals surface area contributed by atoms with Gasteiger partial charge < -0.3 is 19.5 Å². The summed E-state index contributed by atoms with van der Waals surface area (Å²) in [5.41, 5.74) is 2.32. The van der Waals surface area contributed by atoms with Gasteiger partial charge in [0.05, 0.1) is 32.6 Å². The van der Waals surface area contributed by atoms with Crippen molar-refractivity contribution < 1.29 is 23.4 Å². The van der Waals surface area contributed by atoms with Gasteiger partial charge in [-0.2, -0.15) is 4.98 Å². The molecule has 1 N–H and O–H groups in total. The van der Waals surface area contributed by atoms with Crippen molar-refractivity contribution in [3.63, 3.8) is 0 Å². The first-order valence-electron chi connectivity index (χ1n) is 9.93. The Kier molecular flexibility index (Phi) is 6.21. The number of anilines is 1. The summed E-state index contributed by atoms with van der Waals surface area (Å²) < 4.78 is 30.6. The van der Waals surface area contributed by atoms with E-state index in [1.807, 2.05) is 0 Å². The minimum absolute atomic E-state index is 0.179. The van der Waals surface area contributed by atoms with Crippen LogP contribution >= 0.6 is 0 Å². The molecule has 1 amide bonds. The number of ether oxygens (including phenoxy) is 3. The van der Waals surface area contributed by atoms with Gasteiger partial charge in [0.2, 0.25) is 0 Å². The molecule has 0 unspecified atom stereocenters. The topological polar surface area (TPSA) is 87.5 Å². The zero-order chi connectivity index (χ0) is 23.4. The quantitative estimate of drug-likeness (QED) is 0.452. The van der Waals surface area contributed by atoms with Gasteiger partial charge >= 0.3 is 6.01 Å². The Labute approximate surface area is 189 Å². The van der Waals surface area contributed by atoms with Crippen LogP contribution in [0.3, 0.4) is 0 Å². The lowest BCUT2D eigenvalue weighted by atomic mass is 10.1. The Morgan fingerprint density at radius 3 is 2.27 bits per heavy atom. The maximum atomic E-state index is 13.3. The van der Waals surface area contributed by atoms with Gasteiger partial charge in [0.1, 0.15) is 17.3 Å². The van der Waals surface area contributed by atoms with Crippen LogP contribution in [0.2, 0.25) is 0 Å². The van der Waals surface area contributed by atoms with Gasteiger partial charge in [-0.25, -0.2) is 9.07 Å². The molecular weight excluding hydrogens is 427 g/mol. The number of nitrogens with one attached hydrogen (secondary N) is 1. The van der Waals surface area contributed by atoms with Crippen LogP contribution in [0.5, 0.6) is 17.5 Å². The number of rotatable bonds is 7. The number of methoxy groups -OCH3 is 3. The zero-order valence-electron chi connectivity index (χ0n) is 18.2. The number of nitrogens with zero attached hydrogens (tertiary/aromatic N) is 3. The summed E-state index contributed by atoms with van der Waals surface area (Å²) in [5.74, 6) is 0.823. The fraction of sp³-hybridized carbons (Fsp3) is 0.125. The molecule has 8 nitrogen and oxygen atoms in total. The molecule has 3 aromatic carbocycles. The van der Waals surface area contributed by atoms with E-state index in [-0.39, 0.29) is 17.7 Å². The summed E-state index contributed by atoms with van der Waals surface area (Å²) in [6, 6.07) is 18.1. The third-order valence-electron chi connectivity index (χ3n) is 4.90. The highest BCUT2D eigenvalue weighted by Crippen LogP contribution is 2.27. The second kappa shape index (κ2) is 9.39. The van der Waals surface area contributed by atoms with E-state index >= 15 is 0 Å². The van der Waals surface area contributed by atoms with Crippen LogP contribution < -0.4 is 19.5 Å². The average Bonchev–Trinajstić information content (AvgIpc) is 3.29. The van der Waals surface area contributed by atoms with Crippen molar-refractivity contribution >= 4 is 11.6 Å². The van der Waals surface area contributed by atoms with Crippen molar-refractivity contribution in [3.8, 4) is 34.6 Å². The number of halogens is 1. The smallest absolute Gasteiger partial charge is 0.336 e. The molecule has 0 aliphatic rings. The Hall–Kier alpha value is -4.40. The monoisotopic (exact) mass is 448 g/mol. The molecule has 9 heteroatoms. The van der Waals surface area contributed by atoms with Gasteiger partial charge in [-0.05, 0) is 60.7 Å². The third kappa shape index (κ3) is 4.62. The zero-order valence-corrected chi connectivity index (χ0v) is 18.2. The molecular formula is C24H21FN4O4. The average molecular weight is 448 g/mol. The Bertz CT molecular complexity index is 1270. The lowest BCUT2D eigenvalue weighted by Gasteiger charge is -2.11. The van der Waals surface area contributed by atoms with Crippen LogP contribution in [0, 0.1) is 5.82 Å². The molecule has 0 spiro atoms. The fourth-order valence-electron chi connectivity index (χ4n) is 3.22. The van der Waals surface area contributed by atoms with Crippen LogP contribution in [0.4, 0.5) is 10.1 Å². The van der Waals surface area contributed by atoms with E-state index in [9.17, 15) is 9.18 Å². The summed E-state index contributed by atoms with van der Waals surface area (Å²) in [5, 5.41) is 7.20. The van der Waals surface area contributed by atoms with E-state index in [1.54, 1.807) is 66.4 Å². The van der Waals surface area contributed by atoms with E-state index < -0.39 is 0 Å². The van der Waals surface area contributed by atoms with E-state index in [0.29, 0.717) is 39.8 Å². The molecule has 0 saturated carbocycles. The predicted molar refractivity (Wildman–Crippen MR) is 121 cm³/mol. The van der Waals surface area contributed by atoms with Gasteiger partial charge in [0.15, 0.2) is 5.82 Å². The van der Waals surface area contributed by atoms with Crippen LogP contribution in [0.15, 0.2) is 66.7 Å². The minimum Gasteiger partial charge on any atom is -0.497 e. The van der Waals surface area contributed by atoms with Crippen molar-refractivity contribution in [1.29, 1.82) is 0 Å². The highest BCUT2D eigenvalue weighted by Gasteiger charge is 2.16. The largest absolute Gasteiger partial charge is 0.497 e.